The molecular formula is C14H18FN3. The Labute approximate surface area is 107 Å². The summed E-state index contributed by atoms with van der Waals surface area (Å²) in [7, 11) is 0. The fourth-order valence-corrected chi connectivity index (χ4v) is 2.65. The number of nitrogens with two attached hydrogens (primary N) is 1. The quantitative estimate of drug-likeness (QED) is 0.873. The third-order valence-electron chi connectivity index (χ3n) is 3.54. The van der Waals surface area contributed by atoms with Crippen molar-refractivity contribution in [1.29, 1.82) is 5.26 Å². The summed E-state index contributed by atoms with van der Waals surface area (Å²) in [6.07, 6.45) is 3.27. The average Bonchev–Trinajstić information content (AvgIpc) is 2.38. The third kappa shape index (κ3) is 2.46. The van der Waals surface area contributed by atoms with E-state index in [2.05, 4.69) is 11.0 Å². The zero-order chi connectivity index (χ0) is 13.1. The van der Waals surface area contributed by atoms with Crippen LogP contribution in [0.25, 0.3) is 0 Å². The summed E-state index contributed by atoms with van der Waals surface area (Å²) in [6, 6.07) is 6.74. The van der Waals surface area contributed by atoms with Crippen molar-refractivity contribution in [2.75, 3.05) is 11.4 Å². The van der Waals surface area contributed by atoms with Crippen LogP contribution in [0.2, 0.25) is 0 Å². The maximum atomic E-state index is 13.2. The van der Waals surface area contributed by atoms with Crippen molar-refractivity contribution in [2.24, 2.45) is 5.73 Å². The Balaban J connectivity index is 2.37. The van der Waals surface area contributed by atoms with Crippen molar-refractivity contribution in [3.8, 4) is 6.07 Å². The van der Waals surface area contributed by atoms with Crippen molar-refractivity contribution < 1.29 is 4.39 Å². The molecule has 1 heterocycles. The maximum absolute atomic E-state index is 13.2. The molecule has 0 aliphatic carbocycles. The van der Waals surface area contributed by atoms with Crippen LogP contribution in [0.15, 0.2) is 18.2 Å². The summed E-state index contributed by atoms with van der Waals surface area (Å²) in [6.45, 7) is 2.87. The first-order valence-corrected chi connectivity index (χ1v) is 6.35. The normalized spacial score (nSPS) is 21.4. The van der Waals surface area contributed by atoms with Gasteiger partial charge in [-0.25, -0.2) is 4.39 Å². The van der Waals surface area contributed by atoms with Crippen LogP contribution < -0.4 is 10.6 Å². The summed E-state index contributed by atoms with van der Waals surface area (Å²) in [5.41, 5.74) is 7.22. The molecule has 4 heteroatoms. The van der Waals surface area contributed by atoms with E-state index in [1.54, 1.807) is 6.07 Å². The Bertz CT molecular complexity index is 465. The standard InChI is InChI=1S/C14H18FN3/c1-10(17)13-4-2-3-7-18(13)14-6-5-12(15)8-11(14)9-16/h5-6,8,10,13H,2-4,7,17H2,1H3. The zero-order valence-corrected chi connectivity index (χ0v) is 10.6. The van der Waals surface area contributed by atoms with Gasteiger partial charge in [-0.3, -0.25) is 0 Å². The Hall–Kier alpha value is -1.60. The summed E-state index contributed by atoms with van der Waals surface area (Å²) < 4.78 is 13.2. The van der Waals surface area contributed by atoms with E-state index in [-0.39, 0.29) is 17.9 Å². The molecule has 0 amide bonds. The molecule has 2 N–H and O–H groups in total. The van der Waals surface area contributed by atoms with Crippen LogP contribution in [0.1, 0.15) is 31.7 Å². The zero-order valence-electron chi connectivity index (χ0n) is 10.6. The first-order valence-electron chi connectivity index (χ1n) is 6.35. The van der Waals surface area contributed by atoms with Gasteiger partial charge in [-0.05, 0) is 44.4 Å². The van der Waals surface area contributed by atoms with E-state index in [1.807, 2.05) is 6.92 Å². The predicted molar refractivity (Wildman–Crippen MR) is 69.7 cm³/mol. The maximum Gasteiger partial charge on any atom is 0.124 e. The highest BCUT2D eigenvalue weighted by Gasteiger charge is 2.27. The first-order chi connectivity index (χ1) is 8.63. The van der Waals surface area contributed by atoms with Gasteiger partial charge in [-0.15, -0.1) is 0 Å². The van der Waals surface area contributed by atoms with Gasteiger partial charge >= 0.3 is 0 Å². The SMILES string of the molecule is CC(N)C1CCCCN1c1ccc(F)cc1C#N. The van der Waals surface area contributed by atoms with Gasteiger partial charge in [0, 0.05) is 18.6 Å². The number of benzene rings is 1. The van der Waals surface area contributed by atoms with Gasteiger partial charge in [0.25, 0.3) is 0 Å². The topological polar surface area (TPSA) is 53.0 Å². The monoisotopic (exact) mass is 247 g/mol. The van der Waals surface area contributed by atoms with Crippen molar-refractivity contribution >= 4 is 5.69 Å². The number of rotatable bonds is 2. The Kier molecular flexibility index (Phi) is 3.83. The molecule has 1 aliphatic heterocycles. The molecular weight excluding hydrogens is 229 g/mol. The number of piperidine rings is 1. The summed E-state index contributed by atoms with van der Waals surface area (Å²) in [5, 5.41) is 9.12. The van der Waals surface area contributed by atoms with Gasteiger partial charge in [0.2, 0.25) is 0 Å². The number of hydrogen-bond acceptors (Lipinski definition) is 3. The Morgan fingerprint density at radius 2 is 2.28 bits per heavy atom. The van der Waals surface area contributed by atoms with Crippen LogP contribution in [0, 0.1) is 17.1 Å². The van der Waals surface area contributed by atoms with Gasteiger partial charge in [0.15, 0.2) is 0 Å². The smallest absolute Gasteiger partial charge is 0.124 e. The van der Waals surface area contributed by atoms with Gasteiger partial charge in [-0.2, -0.15) is 5.26 Å². The van der Waals surface area contributed by atoms with Gasteiger partial charge < -0.3 is 10.6 Å². The largest absolute Gasteiger partial charge is 0.366 e. The molecule has 0 aromatic heterocycles. The molecule has 0 radical (unpaired) electrons. The number of hydrogen-bond donors (Lipinski definition) is 1. The minimum Gasteiger partial charge on any atom is -0.366 e. The molecule has 0 spiro atoms. The molecule has 1 aliphatic rings. The lowest BCUT2D eigenvalue weighted by Crippen LogP contribution is -2.49. The van der Waals surface area contributed by atoms with Crippen LogP contribution in [-0.4, -0.2) is 18.6 Å². The molecule has 96 valence electrons. The number of anilines is 1. The Morgan fingerprint density at radius 3 is 2.94 bits per heavy atom. The van der Waals surface area contributed by atoms with Crippen LogP contribution in [-0.2, 0) is 0 Å². The number of nitriles is 1. The highest BCUT2D eigenvalue weighted by atomic mass is 19.1. The van der Waals surface area contributed by atoms with E-state index in [9.17, 15) is 4.39 Å². The molecule has 2 unspecified atom stereocenters. The van der Waals surface area contributed by atoms with Crippen molar-refractivity contribution in [2.45, 2.75) is 38.3 Å². The number of halogens is 1. The molecule has 2 rings (SSSR count). The second kappa shape index (κ2) is 5.36. The fourth-order valence-electron chi connectivity index (χ4n) is 2.65. The third-order valence-corrected chi connectivity index (χ3v) is 3.54. The summed E-state index contributed by atoms with van der Waals surface area (Å²) in [4.78, 5) is 2.16. The van der Waals surface area contributed by atoms with Crippen LogP contribution in [0.4, 0.5) is 10.1 Å². The van der Waals surface area contributed by atoms with E-state index in [0.717, 1.165) is 31.5 Å². The molecule has 18 heavy (non-hydrogen) atoms. The van der Waals surface area contributed by atoms with Crippen LogP contribution >= 0.6 is 0 Å². The summed E-state index contributed by atoms with van der Waals surface area (Å²) >= 11 is 0. The van der Waals surface area contributed by atoms with E-state index >= 15 is 0 Å². The first kappa shape index (κ1) is 12.8. The van der Waals surface area contributed by atoms with Gasteiger partial charge in [-0.1, -0.05) is 0 Å². The molecule has 0 saturated carbocycles. The predicted octanol–water partition coefficient (Wildman–Crippen LogP) is 2.40. The average molecular weight is 247 g/mol. The molecule has 1 aromatic rings. The van der Waals surface area contributed by atoms with Gasteiger partial charge in [0.05, 0.1) is 11.3 Å². The van der Waals surface area contributed by atoms with E-state index in [4.69, 9.17) is 11.0 Å². The molecule has 1 fully saturated rings. The van der Waals surface area contributed by atoms with E-state index in [0.29, 0.717) is 5.56 Å². The lowest BCUT2D eigenvalue weighted by atomic mass is 9.95. The highest BCUT2D eigenvalue weighted by molar-refractivity contribution is 5.60. The minimum absolute atomic E-state index is 0.0434. The van der Waals surface area contributed by atoms with Crippen molar-refractivity contribution in [1.82, 2.24) is 0 Å². The van der Waals surface area contributed by atoms with Crippen molar-refractivity contribution in [3.05, 3.63) is 29.6 Å². The fraction of sp³-hybridized carbons (Fsp3) is 0.500. The van der Waals surface area contributed by atoms with Crippen LogP contribution in [0.3, 0.4) is 0 Å². The molecule has 1 aromatic carbocycles. The minimum atomic E-state index is -0.371. The van der Waals surface area contributed by atoms with E-state index in [1.165, 1.54) is 12.1 Å². The second-order valence-corrected chi connectivity index (χ2v) is 4.89. The molecule has 2 atom stereocenters. The lowest BCUT2D eigenvalue weighted by Gasteiger charge is -2.40. The summed E-state index contributed by atoms with van der Waals surface area (Å²) in [5.74, 6) is -0.371. The van der Waals surface area contributed by atoms with Crippen molar-refractivity contribution in [3.63, 3.8) is 0 Å². The van der Waals surface area contributed by atoms with Crippen LogP contribution in [0.5, 0.6) is 0 Å². The molecule has 3 nitrogen and oxygen atoms in total. The van der Waals surface area contributed by atoms with E-state index < -0.39 is 0 Å². The molecule has 0 bridgehead atoms. The Morgan fingerprint density at radius 1 is 1.50 bits per heavy atom. The molecule has 1 saturated heterocycles. The van der Waals surface area contributed by atoms with Gasteiger partial charge in [0.1, 0.15) is 11.9 Å². The number of nitrogens with zero attached hydrogens (tertiary/aromatic N) is 2. The highest BCUT2D eigenvalue weighted by Crippen LogP contribution is 2.29. The second-order valence-electron chi connectivity index (χ2n) is 4.89. The lowest BCUT2D eigenvalue weighted by molar-refractivity contribution is 0.413.